The first-order valence-corrected chi connectivity index (χ1v) is 6.35. The van der Waals surface area contributed by atoms with Crippen LogP contribution in [0.15, 0.2) is 30.6 Å². The second kappa shape index (κ2) is 5.46. The zero-order valence-corrected chi connectivity index (χ0v) is 11.0. The Kier molecular flexibility index (Phi) is 4.10. The van der Waals surface area contributed by atoms with Gasteiger partial charge in [0.2, 0.25) is 0 Å². The number of aromatic nitrogens is 1. The van der Waals surface area contributed by atoms with Gasteiger partial charge in [-0.1, -0.05) is 11.6 Å². The Hall–Kier alpha value is -1.15. The number of pyridine rings is 1. The molecule has 2 heterocycles. The molecule has 3 N–H and O–H groups in total. The summed E-state index contributed by atoms with van der Waals surface area (Å²) in [6, 6.07) is 3.36. The van der Waals surface area contributed by atoms with E-state index in [1.165, 1.54) is 0 Å². The average Bonchev–Trinajstić information content (AvgIpc) is 2.76. The lowest BCUT2D eigenvalue weighted by Gasteiger charge is -2.19. The van der Waals surface area contributed by atoms with Crippen LogP contribution in [0, 0.1) is 0 Å². The molecule has 1 unspecified atom stereocenters. The fraction of sp³-hybridized carbons (Fsp3) is 0.182. The topological polar surface area (TPSA) is 50.9 Å². The van der Waals surface area contributed by atoms with E-state index in [-0.39, 0.29) is 5.56 Å². The zero-order chi connectivity index (χ0) is 14.0. The van der Waals surface area contributed by atoms with Gasteiger partial charge >= 0.3 is 6.18 Å². The Morgan fingerprint density at radius 2 is 2.05 bits per heavy atom. The molecule has 0 aliphatic carbocycles. The average molecular weight is 308 g/mol. The standard InChI is InChI=1S/C11H9ClF3N3S/c12-9-2-1-8(19-9)10(18-16)6-5-17-4-3-7(6)11(13,14)15/h1-5,10,18H,16H2. The lowest BCUT2D eigenvalue weighted by atomic mass is 10.0. The van der Waals surface area contributed by atoms with E-state index in [4.69, 9.17) is 17.4 Å². The highest BCUT2D eigenvalue weighted by Crippen LogP contribution is 2.37. The van der Waals surface area contributed by atoms with Gasteiger partial charge in [0.1, 0.15) is 0 Å². The summed E-state index contributed by atoms with van der Waals surface area (Å²) >= 11 is 6.95. The second-order valence-corrected chi connectivity index (χ2v) is 5.45. The van der Waals surface area contributed by atoms with Crippen LogP contribution >= 0.6 is 22.9 Å². The van der Waals surface area contributed by atoms with Crippen molar-refractivity contribution < 1.29 is 13.2 Å². The van der Waals surface area contributed by atoms with E-state index >= 15 is 0 Å². The molecule has 0 spiro atoms. The van der Waals surface area contributed by atoms with E-state index in [1.54, 1.807) is 12.1 Å². The van der Waals surface area contributed by atoms with Crippen molar-refractivity contribution in [3.63, 3.8) is 0 Å². The van der Waals surface area contributed by atoms with Crippen molar-refractivity contribution >= 4 is 22.9 Å². The molecular formula is C11H9ClF3N3S. The van der Waals surface area contributed by atoms with Crippen molar-refractivity contribution in [3.05, 3.63) is 50.9 Å². The predicted octanol–water partition coefficient (Wildman–Crippen LogP) is 3.37. The normalized spacial score (nSPS) is 13.5. The molecule has 0 radical (unpaired) electrons. The maximum Gasteiger partial charge on any atom is 0.416 e. The predicted molar refractivity (Wildman–Crippen MR) is 67.7 cm³/mol. The molecule has 0 aliphatic rings. The third-order valence-electron chi connectivity index (χ3n) is 2.51. The quantitative estimate of drug-likeness (QED) is 0.675. The Morgan fingerprint density at radius 1 is 1.32 bits per heavy atom. The van der Waals surface area contributed by atoms with E-state index in [2.05, 4.69) is 10.4 Å². The van der Waals surface area contributed by atoms with Gasteiger partial charge in [-0.2, -0.15) is 13.2 Å². The minimum absolute atomic E-state index is 0.0315. The molecule has 0 fully saturated rings. The number of thiophene rings is 1. The van der Waals surface area contributed by atoms with Crippen LogP contribution in [0.25, 0.3) is 0 Å². The Morgan fingerprint density at radius 3 is 2.58 bits per heavy atom. The fourth-order valence-corrected chi connectivity index (χ4v) is 2.84. The Balaban J connectivity index is 2.50. The molecule has 0 amide bonds. The first-order valence-electron chi connectivity index (χ1n) is 5.16. The van der Waals surface area contributed by atoms with Gasteiger partial charge in [-0.05, 0) is 18.2 Å². The summed E-state index contributed by atoms with van der Waals surface area (Å²) in [7, 11) is 0. The summed E-state index contributed by atoms with van der Waals surface area (Å²) in [4.78, 5) is 4.32. The fourth-order valence-electron chi connectivity index (χ4n) is 1.70. The van der Waals surface area contributed by atoms with Crippen molar-refractivity contribution in [3.8, 4) is 0 Å². The Bertz CT molecular complexity index is 570. The highest BCUT2D eigenvalue weighted by molar-refractivity contribution is 7.16. The van der Waals surface area contributed by atoms with Gasteiger partial charge in [-0.25, -0.2) is 5.43 Å². The third kappa shape index (κ3) is 3.06. The van der Waals surface area contributed by atoms with Crippen LogP contribution in [0.2, 0.25) is 4.34 Å². The molecule has 1 atom stereocenters. The van der Waals surface area contributed by atoms with E-state index in [9.17, 15) is 13.2 Å². The van der Waals surface area contributed by atoms with Gasteiger partial charge in [0.05, 0.1) is 15.9 Å². The van der Waals surface area contributed by atoms with Gasteiger partial charge in [-0.15, -0.1) is 11.3 Å². The first kappa shape index (κ1) is 14.3. The maximum atomic E-state index is 12.9. The first-order chi connectivity index (χ1) is 8.93. The number of nitrogens with two attached hydrogens (primary N) is 1. The molecule has 0 aromatic carbocycles. The second-order valence-electron chi connectivity index (χ2n) is 3.70. The highest BCUT2D eigenvalue weighted by atomic mass is 35.5. The molecule has 0 bridgehead atoms. The smallest absolute Gasteiger partial charge is 0.271 e. The summed E-state index contributed by atoms with van der Waals surface area (Å²) in [6.07, 6.45) is -2.21. The van der Waals surface area contributed by atoms with Crippen LogP contribution in [0.5, 0.6) is 0 Å². The molecule has 3 nitrogen and oxygen atoms in total. The summed E-state index contributed by atoms with van der Waals surface area (Å²) < 4.78 is 39.3. The SMILES string of the molecule is NNC(c1ccc(Cl)s1)c1cnccc1C(F)(F)F. The Labute approximate surface area is 116 Å². The number of alkyl halides is 3. The van der Waals surface area contributed by atoms with Crippen molar-refractivity contribution in [1.29, 1.82) is 0 Å². The van der Waals surface area contributed by atoms with Crippen molar-refractivity contribution in [2.24, 2.45) is 5.84 Å². The minimum atomic E-state index is -4.46. The number of hydrazine groups is 1. The van der Waals surface area contributed by atoms with Crippen LogP contribution in [0.4, 0.5) is 13.2 Å². The molecule has 0 saturated carbocycles. The number of rotatable bonds is 3. The number of hydrogen-bond donors (Lipinski definition) is 2. The summed E-state index contributed by atoms with van der Waals surface area (Å²) in [5, 5.41) is 0. The van der Waals surface area contributed by atoms with E-state index in [0.717, 1.165) is 29.8 Å². The molecule has 102 valence electrons. The molecule has 0 saturated heterocycles. The number of hydrogen-bond acceptors (Lipinski definition) is 4. The van der Waals surface area contributed by atoms with Gasteiger partial charge in [-0.3, -0.25) is 10.8 Å². The molecule has 2 aromatic heterocycles. The lowest BCUT2D eigenvalue weighted by molar-refractivity contribution is -0.138. The van der Waals surface area contributed by atoms with Crippen molar-refractivity contribution in [2.45, 2.75) is 12.2 Å². The highest BCUT2D eigenvalue weighted by Gasteiger charge is 2.35. The van der Waals surface area contributed by atoms with Gasteiger partial charge < -0.3 is 0 Å². The van der Waals surface area contributed by atoms with Crippen LogP contribution in [-0.4, -0.2) is 4.98 Å². The molecular weight excluding hydrogens is 299 g/mol. The largest absolute Gasteiger partial charge is 0.416 e. The molecule has 0 aliphatic heterocycles. The number of nitrogens with zero attached hydrogens (tertiary/aromatic N) is 1. The van der Waals surface area contributed by atoms with Crippen LogP contribution in [0.1, 0.15) is 22.0 Å². The van der Waals surface area contributed by atoms with Crippen LogP contribution in [0.3, 0.4) is 0 Å². The zero-order valence-electron chi connectivity index (χ0n) is 9.41. The summed E-state index contributed by atoms with van der Waals surface area (Å²) in [5.41, 5.74) is 1.57. The van der Waals surface area contributed by atoms with E-state index in [0.29, 0.717) is 9.21 Å². The van der Waals surface area contributed by atoms with E-state index in [1.807, 2.05) is 0 Å². The molecule has 2 aromatic rings. The van der Waals surface area contributed by atoms with Gasteiger partial charge in [0.15, 0.2) is 0 Å². The van der Waals surface area contributed by atoms with Gasteiger partial charge in [0.25, 0.3) is 0 Å². The van der Waals surface area contributed by atoms with Crippen molar-refractivity contribution in [1.82, 2.24) is 10.4 Å². The molecule has 2 rings (SSSR count). The molecule has 19 heavy (non-hydrogen) atoms. The number of nitrogens with one attached hydrogen (secondary N) is 1. The van der Waals surface area contributed by atoms with Crippen LogP contribution in [-0.2, 0) is 6.18 Å². The monoisotopic (exact) mass is 307 g/mol. The third-order valence-corrected chi connectivity index (χ3v) is 3.81. The summed E-state index contributed by atoms with van der Waals surface area (Å²) in [6.45, 7) is 0. The van der Waals surface area contributed by atoms with Gasteiger partial charge in [0, 0.05) is 22.8 Å². The van der Waals surface area contributed by atoms with Crippen molar-refractivity contribution in [2.75, 3.05) is 0 Å². The minimum Gasteiger partial charge on any atom is -0.271 e. The number of halogens is 4. The molecule has 8 heteroatoms. The lowest BCUT2D eigenvalue weighted by Crippen LogP contribution is -2.30. The maximum absolute atomic E-state index is 12.9. The summed E-state index contributed by atoms with van der Waals surface area (Å²) in [5.74, 6) is 5.38. The van der Waals surface area contributed by atoms with E-state index < -0.39 is 17.8 Å². The van der Waals surface area contributed by atoms with Crippen LogP contribution < -0.4 is 11.3 Å².